The van der Waals surface area contributed by atoms with Crippen LogP contribution in [-0.2, 0) is 0 Å². The van der Waals surface area contributed by atoms with Gasteiger partial charge in [0.15, 0.2) is 10.8 Å². The van der Waals surface area contributed by atoms with Gasteiger partial charge in [-0.25, -0.2) is 4.98 Å². The number of hydrogen-bond donors (Lipinski definition) is 2. The maximum absolute atomic E-state index is 11.9. The van der Waals surface area contributed by atoms with Crippen LogP contribution in [0.15, 0.2) is 24.3 Å². The summed E-state index contributed by atoms with van der Waals surface area (Å²) in [5, 5.41) is 19.3. The molecule has 3 rings (SSSR count). The van der Waals surface area contributed by atoms with Crippen LogP contribution >= 0.6 is 11.3 Å². The van der Waals surface area contributed by atoms with Gasteiger partial charge in [0.1, 0.15) is 0 Å². The van der Waals surface area contributed by atoms with Gasteiger partial charge >= 0.3 is 5.82 Å². The van der Waals surface area contributed by atoms with Crippen molar-refractivity contribution >= 4 is 38.4 Å². The van der Waals surface area contributed by atoms with E-state index in [0.717, 1.165) is 21.8 Å². The van der Waals surface area contributed by atoms with Crippen molar-refractivity contribution in [3.8, 4) is 0 Å². The fraction of sp³-hybridized carbons (Fsp3) is 0.0833. The van der Waals surface area contributed by atoms with E-state index in [-0.39, 0.29) is 11.5 Å². The molecule has 2 aromatic heterocycles. The summed E-state index contributed by atoms with van der Waals surface area (Å²) in [6, 6.07) is 6.86. The molecule has 2 heterocycles. The van der Waals surface area contributed by atoms with Gasteiger partial charge in [0.2, 0.25) is 0 Å². The minimum Gasteiger partial charge on any atom is -0.358 e. The van der Waals surface area contributed by atoms with Gasteiger partial charge in [-0.3, -0.25) is 10.1 Å². The lowest BCUT2D eigenvalue weighted by Crippen LogP contribution is -2.12. The summed E-state index contributed by atoms with van der Waals surface area (Å²) < 4.78 is 0.957. The molecule has 0 aliphatic carbocycles. The number of aromatic nitrogens is 3. The number of anilines is 1. The number of H-pyrrole nitrogens is 1. The van der Waals surface area contributed by atoms with E-state index in [2.05, 4.69) is 20.5 Å². The zero-order valence-corrected chi connectivity index (χ0v) is 11.6. The Morgan fingerprint density at radius 3 is 2.95 bits per heavy atom. The normalized spacial score (nSPS) is 10.7. The molecule has 106 valence electrons. The second-order valence-electron chi connectivity index (χ2n) is 4.34. The lowest BCUT2D eigenvalue weighted by molar-refractivity contribution is -0.389. The molecule has 0 spiro atoms. The van der Waals surface area contributed by atoms with Gasteiger partial charge in [-0.1, -0.05) is 22.5 Å². The number of nitrogens with one attached hydrogen (secondary N) is 2. The van der Waals surface area contributed by atoms with Crippen molar-refractivity contribution < 1.29 is 9.72 Å². The van der Waals surface area contributed by atoms with Crippen LogP contribution in [0.4, 0.5) is 10.9 Å². The number of aromatic amines is 1. The van der Waals surface area contributed by atoms with E-state index in [1.54, 1.807) is 0 Å². The van der Waals surface area contributed by atoms with Crippen molar-refractivity contribution in [2.45, 2.75) is 6.92 Å². The second-order valence-corrected chi connectivity index (χ2v) is 5.37. The molecule has 0 bridgehead atoms. The monoisotopic (exact) mass is 303 g/mol. The van der Waals surface area contributed by atoms with E-state index in [1.165, 1.54) is 11.3 Å². The van der Waals surface area contributed by atoms with E-state index in [1.807, 2.05) is 25.1 Å². The summed E-state index contributed by atoms with van der Waals surface area (Å²) >= 11 is 1.33. The van der Waals surface area contributed by atoms with Crippen molar-refractivity contribution in [3.63, 3.8) is 0 Å². The molecule has 0 aliphatic heterocycles. The van der Waals surface area contributed by atoms with E-state index in [4.69, 9.17) is 0 Å². The fourth-order valence-corrected chi connectivity index (χ4v) is 2.73. The minimum absolute atomic E-state index is 0.0582. The Labute approximate surface area is 122 Å². The molecule has 1 aromatic carbocycles. The maximum Gasteiger partial charge on any atom is 0.343 e. The predicted octanol–water partition coefficient (Wildman–Crippen LogP) is 2.49. The van der Waals surface area contributed by atoms with E-state index < -0.39 is 10.8 Å². The number of aryl methyl sites for hydroxylation is 1. The number of hydrogen-bond acceptors (Lipinski definition) is 6. The molecule has 9 heteroatoms. The van der Waals surface area contributed by atoms with Gasteiger partial charge in [-0.2, -0.15) is 0 Å². The Hall–Kier alpha value is -2.81. The fourth-order valence-electron chi connectivity index (χ4n) is 1.77. The Kier molecular flexibility index (Phi) is 3.10. The number of nitro groups is 1. The van der Waals surface area contributed by atoms with Gasteiger partial charge in [-0.05, 0) is 29.5 Å². The number of rotatable bonds is 3. The number of benzene rings is 1. The maximum atomic E-state index is 11.9. The zero-order valence-electron chi connectivity index (χ0n) is 10.8. The first-order chi connectivity index (χ1) is 10.0. The molecule has 0 unspecified atom stereocenters. The number of carbonyl (C=O) groups excluding carboxylic acids is 1. The molecule has 0 saturated carbocycles. The number of nitrogens with zero attached hydrogens (tertiary/aromatic N) is 3. The van der Waals surface area contributed by atoms with Gasteiger partial charge in [-0.15, -0.1) is 5.10 Å². The molecule has 3 aromatic rings. The predicted molar refractivity (Wildman–Crippen MR) is 77.6 cm³/mol. The Morgan fingerprint density at radius 1 is 1.43 bits per heavy atom. The zero-order chi connectivity index (χ0) is 15.0. The highest BCUT2D eigenvalue weighted by Gasteiger charge is 2.17. The third kappa shape index (κ3) is 2.58. The van der Waals surface area contributed by atoms with Crippen molar-refractivity contribution in [1.82, 2.24) is 15.2 Å². The molecule has 0 aliphatic rings. The highest BCUT2D eigenvalue weighted by molar-refractivity contribution is 7.22. The summed E-state index contributed by atoms with van der Waals surface area (Å²) in [6.45, 7) is 1.97. The lowest BCUT2D eigenvalue weighted by atomic mass is 10.2. The number of amides is 1. The average molecular weight is 303 g/mol. The third-order valence-electron chi connectivity index (χ3n) is 2.76. The van der Waals surface area contributed by atoms with Crippen LogP contribution < -0.4 is 5.32 Å². The molecular weight excluding hydrogens is 294 g/mol. The molecule has 1 amide bonds. The molecule has 21 heavy (non-hydrogen) atoms. The van der Waals surface area contributed by atoms with Crippen molar-refractivity contribution in [3.05, 3.63) is 45.6 Å². The van der Waals surface area contributed by atoms with Gasteiger partial charge in [0.25, 0.3) is 5.91 Å². The van der Waals surface area contributed by atoms with Gasteiger partial charge < -0.3 is 10.1 Å². The first-order valence-corrected chi connectivity index (χ1v) is 6.73. The standard InChI is InChI=1S/C12H9N5O3S/c1-6-2-3-7-9(4-6)21-12(13-7)14-11(18)8-5-10(16-15-8)17(19)20/h2-5H,1H3,(H,15,16)(H,13,14,18). The van der Waals surface area contributed by atoms with E-state index >= 15 is 0 Å². The molecule has 0 fully saturated rings. The SMILES string of the molecule is Cc1ccc2nc(NC(=O)c3cc([N+](=O)[O-])[nH]n3)sc2c1. The molecule has 0 radical (unpaired) electrons. The lowest BCUT2D eigenvalue weighted by Gasteiger charge is -1.95. The van der Waals surface area contributed by atoms with E-state index in [0.29, 0.717) is 5.13 Å². The highest BCUT2D eigenvalue weighted by Crippen LogP contribution is 2.27. The van der Waals surface area contributed by atoms with Crippen molar-refractivity contribution in [2.75, 3.05) is 5.32 Å². The van der Waals surface area contributed by atoms with Crippen LogP contribution in [0.3, 0.4) is 0 Å². The minimum atomic E-state index is -0.649. The molecule has 8 nitrogen and oxygen atoms in total. The quantitative estimate of drug-likeness (QED) is 0.570. The molecule has 2 N–H and O–H groups in total. The van der Waals surface area contributed by atoms with Crippen LogP contribution in [0.5, 0.6) is 0 Å². The van der Waals surface area contributed by atoms with Gasteiger partial charge in [0.05, 0.1) is 16.3 Å². The summed E-state index contributed by atoms with van der Waals surface area (Å²) in [6.07, 6.45) is 0. The van der Waals surface area contributed by atoms with Crippen LogP contribution in [0.1, 0.15) is 16.1 Å². The Balaban J connectivity index is 1.83. The first kappa shape index (κ1) is 13.2. The van der Waals surface area contributed by atoms with Gasteiger partial charge in [0, 0.05) is 0 Å². The topological polar surface area (TPSA) is 114 Å². The first-order valence-electron chi connectivity index (χ1n) is 5.91. The number of thiazole rings is 1. The van der Waals surface area contributed by atoms with Crippen LogP contribution in [0.2, 0.25) is 0 Å². The smallest absolute Gasteiger partial charge is 0.343 e. The highest BCUT2D eigenvalue weighted by atomic mass is 32.1. The van der Waals surface area contributed by atoms with Crippen molar-refractivity contribution in [2.24, 2.45) is 0 Å². The van der Waals surface area contributed by atoms with Crippen LogP contribution in [0, 0.1) is 17.0 Å². The van der Waals surface area contributed by atoms with E-state index in [9.17, 15) is 14.9 Å². The summed E-state index contributed by atoms with van der Waals surface area (Å²) in [5.41, 5.74) is 1.83. The summed E-state index contributed by atoms with van der Waals surface area (Å²) in [5.74, 6) is -0.879. The molecular formula is C12H9N5O3S. The number of fused-ring (bicyclic) bond motifs is 1. The van der Waals surface area contributed by atoms with Crippen LogP contribution in [-0.4, -0.2) is 26.0 Å². The summed E-state index contributed by atoms with van der Waals surface area (Å²) in [7, 11) is 0. The molecule has 0 atom stereocenters. The van der Waals surface area contributed by atoms with Crippen LogP contribution in [0.25, 0.3) is 10.2 Å². The third-order valence-corrected chi connectivity index (χ3v) is 3.69. The average Bonchev–Trinajstić information content (AvgIpc) is 3.03. The number of carbonyl (C=O) groups is 1. The van der Waals surface area contributed by atoms with Crippen molar-refractivity contribution in [1.29, 1.82) is 0 Å². The largest absolute Gasteiger partial charge is 0.358 e. The second kappa shape index (κ2) is 4.94. The summed E-state index contributed by atoms with van der Waals surface area (Å²) in [4.78, 5) is 26.1. The Morgan fingerprint density at radius 2 is 2.24 bits per heavy atom. The molecule has 0 saturated heterocycles. The Bertz CT molecular complexity index is 854.